The van der Waals surface area contributed by atoms with Crippen LogP contribution >= 0.6 is 23.2 Å². The van der Waals surface area contributed by atoms with Gasteiger partial charge in [0.15, 0.2) is 0 Å². The maximum atomic E-state index is 12.0. The highest BCUT2D eigenvalue weighted by Gasteiger charge is 2.45. The fourth-order valence-electron chi connectivity index (χ4n) is 2.17. The van der Waals surface area contributed by atoms with Crippen LogP contribution in [0.2, 0.25) is 0 Å². The van der Waals surface area contributed by atoms with Gasteiger partial charge in [-0.15, -0.1) is 0 Å². The standard InChI is InChI=1S/C16H12Cl2O2/c17-14(19)16(15(18)20,13-9-5-2-6-10-13)11-12-7-3-1-4-8-12/h1-10H,11H2. The van der Waals surface area contributed by atoms with Crippen LogP contribution in [-0.4, -0.2) is 10.5 Å². The molecule has 0 saturated heterocycles. The third-order valence-corrected chi connectivity index (χ3v) is 3.90. The van der Waals surface area contributed by atoms with Crippen molar-refractivity contribution in [2.75, 3.05) is 0 Å². The van der Waals surface area contributed by atoms with Crippen molar-refractivity contribution >= 4 is 33.7 Å². The highest BCUT2D eigenvalue weighted by atomic mass is 35.5. The van der Waals surface area contributed by atoms with Gasteiger partial charge in [0.2, 0.25) is 10.5 Å². The molecule has 4 heteroatoms. The number of benzene rings is 2. The van der Waals surface area contributed by atoms with Crippen molar-refractivity contribution < 1.29 is 9.59 Å². The van der Waals surface area contributed by atoms with E-state index in [-0.39, 0.29) is 6.42 Å². The molecule has 20 heavy (non-hydrogen) atoms. The van der Waals surface area contributed by atoms with E-state index in [0.29, 0.717) is 5.56 Å². The molecule has 0 amide bonds. The number of hydrogen-bond donors (Lipinski definition) is 0. The molecule has 0 spiro atoms. The highest BCUT2D eigenvalue weighted by Crippen LogP contribution is 2.33. The summed E-state index contributed by atoms with van der Waals surface area (Å²) in [5.41, 5.74) is -0.227. The molecule has 0 aliphatic carbocycles. The Labute approximate surface area is 127 Å². The average Bonchev–Trinajstić information content (AvgIpc) is 2.46. The third-order valence-electron chi connectivity index (χ3n) is 3.25. The number of carbonyl (C=O) groups excluding carboxylic acids is 2. The van der Waals surface area contributed by atoms with Crippen molar-refractivity contribution in [3.63, 3.8) is 0 Å². The van der Waals surface area contributed by atoms with Gasteiger partial charge in [-0.3, -0.25) is 9.59 Å². The minimum Gasteiger partial charge on any atom is -0.280 e. The summed E-state index contributed by atoms with van der Waals surface area (Å²) in [7, 11) is 0. The first-order chi connectivity index (χ1) is 9.57. The summed E-state index contributed by atoms with van der Waals surface area (Å²) in [6.45, 7) is 0. The monoisotopic (exact) mass is 306 g/mol. The molecule has 102 valence electrons. The molecular formula is C16H12Cl2O2. The van der Waals surface area contributed by atoms with Crippen molar-refractivity contribution in [2.45, 2.75) is 11.8 Å². The molecule has 0 aromatic heterocycles. The number of halogens is 2. The third kappa shape index (κ3) is 2.77. The molecule has 0 fully saturated rings. The number of rotatable bonds is 5. The second-order valence-electron chi connectivity index (χ2n) is 4.48. The van der Waals surface area contributed by atoms with E-state index in [4.69, 9.17) is 23.2 Å². The lowest BCUT2D eigenvalue weighted by Gasteiger charge is -2.26. The summed E-state index contributed by atoms with van der Waals surface area (Å²) in [6.07, 6.45) is 0.141. The Kier molecular flexibility index (Phi) is 4.58. The first kappa shape index (κ1) is 14.8. The molecule has 0 radical (unpaired) electrons. The Bertz CT molecular complexity index is 595. The van der Waals surface area contributed by atoms with E-state index < -0.39 is 15.9 Å². The Morgan fingerprint density at radius 2 is 1.25 bits per heavy atom. The number of carbonyl (C=O) groups is 2. The molecule has 0 bridgehead atoms. The maximum absolute atomic E-state index is 12.0. The van der Waals surface area contributed by atoms with Gasteiger partial charge in [0.05, 0.1) is 0 Å². The van der Waals surface area contributed by atoms with Gasteiger partial charge in [-0.1, -0.05) is 60.7 Å². The summed E-state index contributed by atoms with van der Waals surface area (Å²) < 4.78 is 0. The van der Waals surface area contributed by atoms with Crippen LogP contribution in [0, 0.1) is 0 Å². The summed E-state index contributed by atoms with van der Waals surface area (Å²) in [5, 5.41) is -1.54. The van der Waals surface area contributed by atoms with Crippen LogP contribution in [0.25, 0.3) is 0 Å². The van der Waals surface area contributed by atoms with Crippen LogP contribution in [0.15, 0.2) is 60.7 Å². The van der Waals surface area contributed by atoms with E-state index in [2.05, 4.69) is 0 Å². The summed E-state index contributed by atoms with van der Waals surface area (Å²) in [6, 6.07) is 17.9. The zero-order chi connectivity index (χ0) is 14.6. The van der Waals surface area contributed by atoms with Crippen LogP contribution in [0.3, 0.4) is 0 Å². The van der Waals surface area contributed by atoms with Crippen LogP contribution in [0.4, 0.5) is 0 Å². The average molecular weight is 307 g/mol. The van der Waals surface area contributed by atoms with Crippen LogP contribution in [-0.2, 0) is 21.4 Å². The van der Waals surface area contributed by atoms with Gasteiger partial charge in [-0.2, -0.15) is 0 Å². The molecule has 2 aromatic rings. The molecule has 0 aliphatic rings. The van der Waals surface area contributed by atoms with E-state index in [1.54, 1.807) is 30.3 Å². The summed E-state index contributed by atoms with van der Waals surface area (Å²) in [4.78, 5) is 23.9. The molecular weight excluding hydrogens is 295 g/mol. The smallest absolute Gasteiger partial charge is 0.241 e. The normalized spacial score (nSPS) is 11.1. The first-order valence-corrected chi connectivity index (χ1v) is 6.82. The van der Waals surface area contributed by atoms with Gasteiger partial charge in [0.25, 0.3) is 0 Å². The fraction of sp³-hybridized carbons (Fsp3) is 0.125. The van der Waals surface area contributed by atoms with Gasteiger partial charge in [0.1, 0.15) is 5.41 Å². The zero-order valence-electron chi connectivity index (χ0n) is 10.6. The second-order valence-corrected chi connectivity index (χ2v) is 5.17. The van der Waals surface area contributed by atoms with Gasteiger partial charge in [-0.25, -0.2) is 0 Å². The van der Waals surface area contributed by atoms with E-state index in [9.17, 15) is 9.59 Å². The van der Waals surface area contributed by atoms with Crippen LogP contribution in [0.1, 0.15) is 11.1 Å². The van der Waals surface area contributed by atoms with E-state index in [1.807, 2.05) is 30.3 Å². The topological polar surface area (TPSA) is 34.1 Å². The molecule has 0 saturated carbocycles. The van der Waals surface area contributed by atoms with Crippen molar-refractivity contribution in [2.24, 2.45) is 0 Å². The van der Waals surface area contributed by atoms with Gasteiger partial charge >= 0.3 is 0 Å². The van der Waals surface area contributed by atoms with Crippen molar-refractivity contribution in [3.8, 4) is 0 Å². The van der Waals surface area contributed by atoms with E-state index >= 15 is 0 Å². The second kappa shape index (κ2) is 6.21. The predicted octanol–water partition coefficient (Wildman–Crippen LogP) is 3.70. The van der Waals surface area contributed by atoms with Crippen molar-refractivity contribution in [1.82, 2.24) is 0 Å². The van der Waals surface area contributed by atoms with E-state index in [1.165, 1.54) is 0 Å². The summed E-state index contributed by atoms with van der Waals surface area (Å²) >= 11 is 11.5. The molecule has 0 unspecified atom stereocenters. The fourth-order valence-corrected chi connectivity index (χ4v) is 2.74. The first-order valence-electron chi connectivity index (χ1n) is 6.06. The van der Waals surface area contributed by atoms with Crippen LogP contribution in [0.5, 0.6) is 0 Å². The minimum atomic E-state index is -1.55. The molecule has 0 aliphatic heterocycles. The lowest BCUT2D eigenvalue weighted by Crippen LogP contribution is -2.41. The van der Waals surface area contributed by atoms with Gasteiger partial charge < -0.3 is 0 Å². The molecule has 0 heterocycles. The molecule has 0 atom stereocenters. The Hall–Kier alpha value is -1.64. The Morgan fingerprint density at radius 3 is 1.70 bits per heavy atom. The Morgan fingerprint density at radius 1 is 0.800 bits per heavy atom. The zero-order valence-corrected chi connectivity index (χ0v) is 12.1. The predicted molar refractivity (Wildman–Crippen MR) is 80.0 cm³/mol. The lowest BCUT2D eigenvalue weighted by molar-refractivity contribution is -0.126. The van der Waals surface area contributed by atoms with E-state index in [0.717, 1.165) is 5.56 Å². The maximum Gasteiger partial charge on any atom is 0.241 e. The molecule has 0 N–H and O–H groups in total. The molecule has 2 aromatic carbocycles. The molecule has 2 rings (SSSR count). The highest BCUT2D eigenvalue weighted by molar-refractivity contribution is 6.76. The minimum absolute atomic E-state index is 0.141. The van der Waals surface area contributed by atoms with Crippen molar-refractivity contribution in [1.29, 1.82) is 0 Å². The van der Waals surface area contributed by atoms with Crippen LogP contribution < -0.4 is 0 Å². The number of hydrogen-bond acceptors (Lipinski definition) is 2. The largest absolute Gasteiger partial charge is 0.280 e. The Balaban J connectivity index is 2.55. The SMILES string of the molecule is O=C(Cl)C(Cc1ccccc1)(C(=O)Cl)c1ccccc1. The summed E-state index contributed by atoms with van der Waals surface area (Å²) in [5.74, 6) is 0. The quantitative estimate of drug-likeness (QED) is 0.623. The van der Waals surface area contributed by atoms with Gasteiger partial charge in [0, 0.05) is 0 Å². The lowest BCUT2D eigenvalue weighted by atomic mass is 9.77. The van der Waals surface area contributed by atoms with Gasteiger partial charge in [-0.05, 0) is 40.7 Å². The molecule has 2 nitrogen and oxygen atoms in total. The van der Waals surface area contributed by atoms with Crippen molar-refractivity contribution in [3.05, 3.63) is 71.8 Å².